The predicted molar refractivity (Wildman–Crippen MR) is 42.1 cm³/mol. The Morgan fingerprint density at radius 1 is 0.765 bits per heavy atom. The molecule has 0 bridgehead atoms. The molecule has 0 unspecified atom stereocenters. The van der Waals surface area contributed by atoms with Crippen molar-refractivity contribution in [1.29, 1.82) is 0 Å². The van der Waals surface area contributed by atoms with E-state index in [9.17, 15) is 19.5 Å². The van der Waals surface area contributed by atoms with Gasteiger partial charge in [-0.25, -0.2) is 0 Å². The molecule has 0 amide bonds. The third-order valence-electron chi connectivity index (χ3n) is 0.556. The average molecular weight is 273 g/mol. The largest absolute Gasteiger partial charge is 1.00 e. The van der Waals surface area contributed by atoms with Crippen LogP contribution in [0.15, 0.2) is 0 Å². The summed E-state index contributed by atoms with van der Waals surface area (Å²) in [5.74, 6) is 0. The maximum absolute atomic E-state index is 10.1. The minimum absolute atomic E-state index is 0. The van der Waals surface area contributed by atoms with Crippen molar-refractivity contribution in [3.05, 3.63) is 0 Å². The fourth-order valence-corrected chi connectivity index (χ4v) is 0.246. The third-order valence-corrected chi connectivity index (χ3v) is 0.556. The van der Waals surface area contributed by atoms with E-state index in [0.29, 0.717) is 0 Å². The van der Waals surface area contributed by atoms with Gasteiger partial charge in [-0.1, -0.05) is 0 Å². The predicted octanol–water partition coefficient (Wildman–Crippen LogP) is -13.6. The van der Waals surface area contributed by atoms with E-state index in [1.165, 1.54) is 0 Å². The standard InChI is InChI=1S/B4O7.2Na.4H2O/c5-1-9-3(7)11-4(8)10-2-6;;;;;;/h;;;4*1H2/q-2;2*+1;;;;. The van der Waals surface area contributed by atoms with Crippen LogP contribution in [0.5, 0.6) is 0 Å². The number of rotatable bonds is 6. The van der Waals surface area contributed by atoms with Crippen LogP contribution in [-0.2, 0) is 23.1 Å². The Morgan fingerprint density at radius 3 is 1.18 bits per heavy atom. The van der Waals surface area contributed by atoms with Gasteiger partial charge in [-0.2, -0.15) is 0 Å². The second-order valence-electron chi connectivity index (χ2n) is 1.18. The Kier molecular flexibility index (Phi) is 76.6. The van der Waals surface area contributed by atoms with E-state index in [1.54, 1.807) is 0 Å². The van der Waals surface area contributed by atoms with Crippen molar-refractivity contribution in [2.24, 2.45) is 0 Å². The first-order valence-electron chi connectivity index (χ1n) is 2.36. The molecule has 0 spiro atoms. The molecule has 0 saturated carbocycles. The molecule has 88 valence electrons. The summed E-state index contributed by atoms with van der Waals surface area (Å²) in [4.78, 5) is 0. The Labute approximate surface area is 142 Å². The van der Waals surface area contributed by atoms with Crippen molar-refractivity contribution < 1.29 is 114 Å². The average Bonchev–Trinajstić information content (AvgIpc) is 1.87. The van der Waals surface area contributed by atoms with Gasteiger partial charge in [0.2, 0.25) is 0 Å². The summed E-state index contributed by atoms with van der Waals surface area (Å²) in [6, 6.07) is 0. The first-order chi connectivity index (χ1) is 5.20. The number of hydrogen-bond donors (Lipinski definition) is 0. The van der Waals surface area contributed by atoms with Gasteiger partial charge in [-0.15, -0.1) is 0 Å². The second-order valence-corrected chi connectivity index (χ2v) is 1.18. The molecule has 17 heteroatoms. The Hall–Kier alpha value is 1.18. The molecule has 0 saturated heterocycles. The molecule has 17 heavy (non-hydrogen) atoms. The van der Waals surface area contributed by atoms with Gasteiger partial charge in [0.25, 0.3) is 0 Å². The molecular formula is H8B4Na2O11. The topological polar surface area (TPSA) is 234 Å². The van der Waals surface area contributed by atoms with Gasteiger partial charge < -0.3 is 21.9 Å². The molecule has 0 fully saturated rings. The molecular weight excluding hydrogens is 265 g/mol. The van der Waals surface area contributed by atoms with E-state index in [4.69, 9.17) is 0 Å². The van der Waals surface area contributed by atoms with Gasteiger partial charge in [0.05, 0.1) is 0 Å². The van der Waals surface area contributed by atoms with Crippen LogP contribution in [-0.4, -0.2) is 51.3 Å². The summed E-state index contributed by atoms with van der Waals surface area (Å²) in [5.41, 5.74) is 0. The molecule has 0 aliphatic heterocycles. The van der Waals surface area contributed by atoms with Crippen LogP contribution in [0.1, 0.15) is 0 Å². The summed E-state index contributed by atoms with van der Waals surface area (Å²) in [5, 5.41) is 20.3. The molecule has 0 rings (SSSR count). The van der Waals surface area contributed by atoms with Crippen LogP contribution >= 0.6 is 0 Å². The van der Waals surface area contributed by atoms with Gasteiger partial charge >= 0.3 is 122 Å². The van der Waals surface area contributed by atoms with E-state index < -0.39 is 14.6 Å². The van der Waals surface area contributed by atoms with Crippen LogP contribution in [0, 0.1) is 0 Å². The maximum atomic E-state index is 10.1. The van der Waals surface area contributed by atoms with Crippen molar-refractivity contribution >= 4 is 29.3 Å². The van der Waals surface area contributed by atoms with Crippen molar-refractivity contribution in [2.45, 2.75) is 0 Å². The van der Waals surface area contributed by atoms with Crippen LogP contribution < -0.4 is 69.2 Å². The van der Waals surface area contributed by atoms with Crippen molar-refractivity contribution in [1.82, 2.24) is 0 Å². The fraction of sp³-hybridized carbons (Fsp3) is 0. The zero-order chi connectivity index (χ0) is 8.69. The van der Waals surface area contributed by atoms with Crippen LogP contribution in [0.25, 0.3) is 0 Å². The van der Waals surface area contributed by atoms with Gasteiger partial charge in [-0.3, -0.25) is 0 Å². The zero-order valence-corrected chi connectivity index (χ0v) is 13.2. The summed E-state index contributed by atoms with van der Waals surface area (Å²) < 4.78 is 29.8. The van der Waals surface area contributed by atoms with Crippen molar-refractivity contribution in [3.8, 4) is 0 Å². The van der Waals surface area contributed by atoms with E-state index in [-0.39, 0.29) is 95.7 Å². The molecule has 8 N–H and O–H groups in total. The summed E-state index contributed by atoms with van der Waals surface area (Å²) >= 11 is 0. The van der Waals surface area contributed by atoms with E-state index >= 15 is 0 Å². The molecule has 0 heterocycles. The SMILES string of the molecule is O.O.O.O.O=BOB([O-])OB([O-])OB=O.[Na+].[Na+]. The van der Waals surface area contributed by atoms with Crippen LogP contribution in [0.3, 0.4) is 0 Å². The molecule has 0 aliphatic carbocycles. The van der Waals surface area contributed by atoms with Crippen molar-refractivity contribution in [3.63, 3.8) is 0 Å². The molecule has 0 aromatic rings. The molecule has 11 nitrogen and oxygen atoms in total. The Morgan fingerprint density at radius 2 is 1.00 bits per heavy atom. The number of hydrogen-bond acceptors (Lipinski definition) is 7. The van der Waals surface area contributed by atoms with E-state index in [0.717, 1.165) is 0 Å². The quantitative estimate of drug-likeness (QED) is 0.423. The first kappa shape index (κ1) is 42.9. The van der Waals surface area contributed by atoms with Gasteiger partial charge in [0.15, 0.2) is 0 Å². The fourth-order valence-electron chi connectivity index (χ4n) is 0.246. The minimum atomic E-state index is -2.27. The Bertz CT molecular complexity index is 121. The normalized spacial score (nSPS) is 4.82. The molecule has 0 aromatic carbocycles. The smallest absolute Gasteiger partial charge is 1.00 e. The van der Waals surface area contributed by atoms with E-state index in [2.05, 4.69) is 13.7 Å². The molecule has 0 atom stereocenters. The monoisotopic (exact) mass is 274 g/mol. The first-order valence-corrected chi connectivity index (χ1v) is 2.36. The maximum Gasteiger partial charge on any atom is 1.00 e. The van der Waals surface area contributed by atoms with Crippen LogP contribution in [0.2, 0.25) is 0 Å². The van der Waals surface area contributed by atoms with Gasteiger partial charge in [0, 0.05) is 0 Å². The molecule has 0 radical (unpaired) electrons. The Balaban J connectivity index is -0.0000000333. The molecule has 0 aliphatic rings. The zero-order valence-electron chi connectivity index (χ0n) is 9.17. The minimum Gasteiger partial charge on any atom is 1.00 e. The third kappa shape index (κ3) is 31.7. The van der Waals surface area contributed by atoms with Gasteiger partial charge in [-0.05, 0) is 0 Å². The van der Waals surface area contributed by atoms with Gasteiger partial charge in [0.1, 0.15) is 0 Å². The summed E-state index contributed by atoms with van der Waals surface area (Å²) in [6.07, 6.45) is 0. The van der Waals surface area contributed by atoms with Crippen LogP contribution in [0.4, 0.5) is 0 Å². The van der Waals surface area contributed by atoms with E-state index in [1.807, 2.05) is 0 Å². The summed E-state index contributed by atoms with van der Waals surface area (Å²) in [6.45, 7) is 0. The summed E-state index contributed by atoms with van der Waals surface area (Å²) in [7, 11) is -4.92. The second kappa shape index (κ2) is 30.3. The molecule has 0 aromatic heterocycles. The van der Waals surface area contributed by atoms with Crippen molar-refractivity contribution in [2.75, 3.05) is 0 Å².